The number of hydrogen-bond acceptors (Lipinski definition) is 9. The molecule has 1 aliphatic carbocycles. The molecule has 0 radical (unpaired) electrons. The Balaban J connectivity index is 1.20. The second kappa shape index (κ2) is 13.9. The van der Waals surface area contributed by atoms with E-state index in [1.165, 1.54) is 21.9 Å². The maximum absolute atomic E-state index is 13.9. The monoisotopic (exact) mass is 719 g/mol. The number of aryl methyl sites for hydroxylation is 1. The van der Waals surface area contributed by atoms with Crippen LogP contribution in [0.15, 0.2) is 60.2 Å². The quantitative estimate of drug-likeness (QED) is 0.210. The molecule has 2 atom stereocenters. The number of piperidine rings is 1. The molecular formula is C40H49N9O4. The number of rotatable bonds is 9. The van der Waals surface area contributed by atoms with Gasteiger partial charge in [-0.3, -0.25) is 19.3 Å². The lowest BCUT2D eigenvalue weighted by molar-refractivity contribution is -0.111. The maximum atomic E-state index is 13.9. The van der Waals surface area contributed by atoms with Crippen LogP contribution in [0.2, 0.25) is 0 Å². The van der Waals surface area contributed by atoms with Crippen LogP contribution >= 0.6 is 0 Å². The van der Waals surface area contributed by atoms with E-state index < -0.39 is 0 Å². The number of carbonyl (C=O) groups excluding carboxylic acids is 2. The summed E-state index contributed by atoms with van der Waals surface area (Å²) in [6.07, 6.45) is 8.29. The molecule has 3 aromatic heterocycles. The van der Waals surface area contributed by atoms with E-state index in [4.69, 9.17) is 4.98 Å². The highest BCUT2D eigenvalue weighted by molar-refractivity contribution is 6.06. The van der Waals surface area contributed by atoms with Crippen LogP contribution in [0.4, 0.5) is 28.7 Å². The molecule has 13 nitrogen and oxygen atoms in total. The lowest BCUT2D eigenvalue weighted by Gasteiger charge is -2.42. The number of nitrogens with zero attached hydrogens (tertiary/aromatic N) is 7. The Morgan fingerprint density at radius 3 is 2.64 bits per heavy atom. The summed E-state index contributed by atoms with van der Waals surface area (Å²) in [6, 6.07) is 10.1. The van der Waals surface area contributed by atoms with Crippen LogP contribution in [-0.4, -0.2) is 80.2 Å². The molecule has 1 aromatic carbocycles. The number of anilines is 5. The summed E-state index contributed by atoms with van der Waals surface area (Å²) in [7, 11) is 5.85. The van der Waals surface area contributed by atoms with Crippen molar-refractivity contribution in [1.82, 2.24) is 24.0 Å². The number of aromatic nitrogens is 4. The minimum absolute atomic E-state index is 0.0606. The van der Waals surface area contributed by atoms with E-state index in [1.54, 1.807) is 36.5 Å². The fourth-order valence-corrected chi connectivity index (χ4v) is 8.30. The van der Waals surface area contributed by atoms with Gasteiger partial charge in [0.25, 0.3) is 11.5 Å². The Morgan fingerprint density at radius 1 is 1.13 bits per heavy atom. The molecule has 5 heterocycles. The number of benzene rings is 1. The summed E-state index contributed by atoms with van der Waals surface area (Å²) in [5.74, 6) is -0.0628. The van der Waals surface area contributed by atoms with Gasteiger partial charge >= 0.3 is 0 Å². The lowest BCUT2D eigenvalue weighted by atomic mass is 9.90. The Morgan fingerprint density at radius 2 is 1.92 bits per heavy atom. The highest BCUT2D eigenvalue weighted by atomic mass is 16.3. The van der Waals surface area contributed by atoms with Gasteiger partial charge in [0.05, 0.1) is 23.7 Å². The van der Waals surface area contributed by atoms with E-state index in [9.17, 15) is 19.5 Å². The van der Waals surface area contributed by atoms with Gasteiger partial charge in [-0.15, -0.1) is 0 Å². The number of amides is 2. The first-order valence-electron chi connectivity index (χ1n) is 18.3. The van der Waals surface area contributed by atoms with Crippen molar-refractivity contribution in [3.05, 3.63) is 88.2 Å². The molecule has 3 N–H and O–H groups in total. The minimum Gasteiger partial charge on any atom is -0.392 e. The summed E-state index contributed by atoms with van der Waals surface area (Å²) in [6.45, 7) is 11.8. The molecule has 53 heavy (non-hydrogen) atoms. The van der Waals surface area contributed by atoms with E-state index >= 15 is 0 Å². The molecule has 2 aliphatic heterocycles. The van der Waals surface area contributed by atoms with Crippen LogP contribution in [0.1, 0.15) is 60.9 Å². The number of fused-ring (bicyclic) bond motifs is 3. The van der Waals surface area contributed by atoms with Gasteiger partial charge in [-0.05, 0) is 94.1 Å². The lowest BCUT2D eigenvalue weighted by Crippen LogP contribution is -2.47. The molecule has 2 amide bonds. The van der Waals surface area contributed by atoms with Crippen LogP contribution in [0, 0.1) is 5.41 Å². The van der Waals surface area contributed by atoms with Crippen molar-refractivity contribution in [3.8, 4) is 11.3 Å². The van der Waals surface area contributed by atoms with Gasteiger partial charge in [0.15, 0.2) is 5.82 Å². The third-order valence-corrected chi connectivity index (χ3v) is 11.0. The van der Waals surface area contributed by atoms with E-state index in [-0.39, 0.29) is 41.3 Å². The maximum Gasteiger partial charge on any atom is 0.293 e. The van der Waals surface area contributed by atoms with Crippen LogP contribution in [0.5, 0.6) is 0 Å². The number of aliphatic hydroxyl groups excluding tert-OH is 1. The SMILES string of the molecule is C=CC(=O)Nc1cc(Nc2nc(-c3ccnc(N4CCn5c(cc6c5CC(C)(C)C6)C4=O)c3CO)cn(C)c2=O)ccc1N1CCC(N(C)C)C[C@@H]1C. The second-order valence-electron chi connectivity index (χ2n) is 15.6. The number of pyridine rings is 1. The predicted molar refractivity (Wildman–Crippen MR) is 208 cm³/mol. The average Bonchev–Trinajstić information content (AvgIpc) is 3.62. The van der Waals surface area contributed by atoms with Crippen molar-refractivity contribution in [1.29, 1.82) is 0 Å². The van der Waals surface area contributed by atoms with Crippen LogP contribution in [0.25, 0.3) is 11.3 Å². The van der Waals surface area contributed by atoms with E-state index in [0.717, 1.165) is 37.9 Å². The highest BCUT2D eigenvalue weighted by Crippen LogP contribution is 2.40. The van der Waals surface area contributed by atoms with Crippen molar-refractivity contribution in [2.75, 3.05) is 47.6 Å². The van der Waals surface area contributed by atoms with Crippen molar-refractivity contribution in [2.24, 2.45) is 12.5 Å². The molecule has 0 saturated carbocycles. The normalized spacial score (nSPS) is 19.3. The third kappa shape index (κ3) is 6.75. The van der Waals surface area contributed by atoms with Gasteiger partial charge < -0.3 is 34.7 Å². The fourth-order valence-electron chi connectivity index (χ4n) is 8.30. The van der Waals surface area contributed by atoms with Crippen LogP contribution in [0.3, 0.4) is 0 Å². The van der Waals surface area contributed by atoms with Gasteiger partial charge in [-0.2, -0.15) is 0 Å². The number of carbonyl (C=O) groups is 2. The third-order valence-electron chi connectivity index (χ3n) is 11.0. The zero-order valence-electron chi connectivity index (χ0n) is 31.4. The molecule has 278 valence electrons. The molecule has 7 rings (SSSR count). The number of nitrogens with one attached hydrogen (secondary N) is 2. The fraction of sp³-hybridized carbons (Fsp3) is 0.425. The molecule has 1 unspecified atom stereocenters. The summed E-state index contributed by atoms with van der Waals surface area (Å²) in [5, 5.41) is 16.9. The minimum atomic E-state index is -0.390. The average molecular weight is 720 g/mol. The Bertz CT molecular complexity index is 2170. The zero-order valence-corrected chi connectivity index (χ0v) is 31.4. The van der Waals surface area contributed by atoms with Crippen molar-refractivity contribution in [2.45, 2.75) is 71.7 Å². The van der Waals surface area contributed by atoms with E-state index in [2.05, 4.69) is 71.4 Å². The predicted octanol–water partition coefficient (Wildman–Crippen LogP) is 4.71. The van der Waals surface area contributed by atoms with Crippen molar-refractivity contribution >= 4 is 40.5 Å². The summed E-state index contributed by atoms with van der Waals surface area (Å²) in [4.78, 5) is 55.5. The van der Waals surface area contributed by atoms with Gasteiger partial charge in [-0.1, -0.05) is 20.4 Å². The molecule has 0 bridgehead atoms. The van der Waals surface area contributed by atoms with Crippen LogP contribution in [-0.2, 0) is 37.8 Å². The molecule has 1 fully saturated rings. The van der Waals surface area contributed by atoms with Gasteiger partial charge in [0, 0.05) is 73.7 Å². The Kier molecular flexibility index (Phi) is 9.50. The van der Waals surface area contributed by atoms with Crippen LogP contribution < -0.4 is 26.0 Å². The van der Waals surface area contributed by atoms with Gasteiger partial charge in [-0.25, -0.2) is 9.97 Å². The summed E-state index contributed by atoms with van der Waals surface area (Å²) < 4.78 is 3.57. The Labute approximate surface area is 310 Å². The standard InChI is InChI=1S/C40H49N9O4/c1-8-35(51)43-30-19-26(9-10-32(30)47-14-12-27(45(5)6)17-24(47)2)42-36-39(53)46(7)22-31(44-36)28-11-13-41-37(29(28)23-50)49-16-15-48-33(38(49)52)18-25-20-40(3,4)21-34(25)48/h8-11,13,18-19,22,24,27,50H,1,12,14-17,20-21,23H2,2-7H3,(H,42,44)(H,43,51)/t24-,27?/m0/s1. The summed E-state index contributed by atoms with van der Waals surface area (Å²) in [5.41, 5.74) is 6.37. The number of hydrogen-bond donors (Lipinski definition) is 3. The summed E-state index contributed by atoms with van der Waals surface area (Å²) >= 11 is 0. The first-order chi connectivity index (χ1) is 25.3. The number of aliphatic hydroxyl groups is 1. The molecule has 3 aliphatic rings. The first-order valence-corrected chi connectivity index (χ1v) is 18.3. The molecule has 1 saturated heterocycles. The smallest absolute Gasteiger partial charge is 0.293 e. The van der Waals surface area contributed by atoms with Crippen molar-refractivity contribution < 1.29 is 14.7 Å². The second-order valence-corrected chi connectivity index (χ2v) is 15.6. The van der Waals surface area contributed by atoms with Gasteiger partial charge in [0.1, 0.15) is 11.5 Å². The topological polar surface area (TPSA) is 141 Å². The van der Waals surface area contributed by atoms with E-state index in [0.29, 0.717) is 58.8 Å². The highest BCUT2D eigenvalue weighted by Gasteiger charge is 2.38. The largest absolute Gasteiger partial charge is 0.392 e. The van der Waals surface area contributed by atoms with Gasteiger partial charge in [0.2, 0.25) is 5.91 Å². The van der Waals surface area contributed by atoms with Crippen molar-refractivity contribution in [3.63, 3.8) is 0 Å². The first kappa shape index (κ1) is 36.1. The molecule has 13 heteroatoms. The molecule has 0 spiro atoms. The zero-order chi connectivity index (χ0) is 37.8. The molecular weight excluding hydrogens is 670 g/mol. The Hall–Kier alpha value is -5.27. The molecule has 4 aromatic rings. The van der Waals surface area contributed by atoms with E-state index in [1.807, 2.05) is 18.2 Å².